The number of hydrogen-bond acceptors (Lipinski definition) is 5. The van der Waals surface area contributed by atoms with Crippen LogP contribution in [0.5, 0.6) is 5.88 Å². The van der Waals surface area contributed by atoms with Gasteiger partial charge in [-0.1, -0.05) is 0 Å². The van der Waals surface area contributed by atoms with Gasteiger partial charge in [-0.25, -0.2) is 8.42 Å². The number of pyridine rings is 1. The van der Waals surface area contributed by atoms with Crippen molar-refractivity contribution in [1.82, 2.24) is 4.57 Å². The second kappa shape index (κ2) is 4.26. The standard InChI is InChI=1S/C9H13NO5S/c1-6-5-7(12)10(3-4-11)9(13)8(6)16(2,14)15/h5,11-12H,3-4H2,1-2H3. The molecule has 0 bridgehead atoms. The molecule has 1 heterocycles. The average molecular weight is 247 g/mol. The molecule has 90 valence electrons. The molecular formula is C9H13NO5S. The molecule has 0 aliphatic rings. The summed E-state index contributed by atoms with van der Waals surface area (Å²) in [7, 11) is -3.65. The second-order valence-electron chi connectivity index (χ2n) is 3.47. The molecule has 7 heteroatoms. The van der Waals surface area contributed by atoms with Crippen LogP contribution in [0.2, 0.25) is 0 Å². The van der Waals surface area contributed by atoms with E-state index in [1.165, 1.54) is 13.0 Å². The third kappa shape index (κ3) is 2.25. The molecular weight excluding hydrogens is 234 g/mol. The largest absolute Gasteiger partial charge is 0.494 e. The summed E-state index contributed by atoms with van der Waals surface area (Å²) in [6.45, 7) is 0.925. The number of aliphatic hydroxyl groups excluding tert-OH is 1. The number of rotatable bonds is 3. The molecule has 1 rings (SSSR count). The lowest BCUT2D eigenvalue weighted by Crippen LogP contribution is -2.27. The van der Waals surface area contributed by atoms with Gasteiger partial charge in [-0.3, -0.25) is 9.36 Å². The molecule has 0 saturated heterocycles. The summed E-state index contributed by atoms with van der Waals surface area (Å²) in [6, 6.07) is 1.19. The average Bonchev–Trinajstić information content (AvgIpc) is 2.09. The molecule has 0 atom stereocenters. The Morgan fingerprint density at radius 1 is 1.44 bits per heavy atom. The smallest absolute Gasteiger partial charge is 0.272 e. The maximum absolute atomic E-state index is 11.8. The van der Waals surface area contributed by atoms with Crippen molar-refractivity contribution in [3.8, 4) is 5.88 Å². The first-order valence-corrected chi connectivity index (χ1v) is 6.42. The van der Waals surface area contributed by atoms with E-state index in [4.69, 9.17) is 5.11 Å². The summed E-state index contributed by atoms with van der Waals surface area (Å²) in [5.41, 5.74) is -0.617. The van der Waals surface area contributed by atoms with Crippen molar-refractivity contribution in [2.24, 2.45) is 0 Å². The van der Waals surface area contributed by atoms with Gasteiger partial charge >= 0.3 is 0 Å². The van der Waals surface area contributed by atoms with Gasteiger partial charge in [0.15, 0.2) is 15.7 Å². The number of hydrogen-bond donors (Lipinski definition) is 2. The maximum Gasteiger partial charge on any atom is 0.272 e. The molecule has 16 heavy (non-hydrogen) atoms. The fraction of sp³-hybridized carbons (Fsp3) is 0.444. The Morgan fingerprint density at radius 3 is 2.44 bits per heavy atom. The Bertz CT molecular complexity index is 558. The Kier molecular flexibility index (Phi) is 3.39. The van der Waals surface area contributed by atoms with Crippen molar-refractivity contribution in [1.29, 1.82) is 0 Å². The van der Waals surface area contributed by atoms with Crippen molar-refractivity contribution < 1.29 is 18.6 Å². The van der Waals surface area contributed by atoms with E-state index in [2.05, 4.69) is 0 Å². The van der Waals surface area contributed by atoms with Crippen molar-refractivity contribution in [3.05, 3.63) is 22.0 Å². The Morgan fingerprint density at radius 2 is 2.00 bits per heavy atom. The van der Waals surface area contributed by atoms with Crippen LogP contribution < -0.4 is 5.56 Å². The van der Waals surface area contributed by atoms with Crippen LogP contribution in [0.15, 0.2) is 15.8 Å². The highest BCUT2D eigenvalue weighted by Gasteiger charge is 2.19. The van der Waals surface area contributed by atoms with E-state index in [0.717, 1.165) is 10.8 Å². The van der Waals surface area contributed by atoms with Gasteiger partial charge in [-0.15, -0.1) is 0 Å². The highest BCUT2D eigenvalue weighted by atomic mass is 32.2. The number of sulfone groups is 1. The van der Waals surface area contributed by atoms with Gasteiger partial charge in [0, 0.05) is 12.3 Å². The molecule has 0 aliphatic heterocycles. The van der Waals surface area contributed by atoms with Crippen LogP contribution >= 0.6 is 0 Å². The minimum Gasteiger partial charge on any atom is -0.494 e. The van der Waals surface area contributed by atoms with Crippen molar-refractivity contribution in [2.45, 2.75) is 18.4 Å². The predicted molar refractivity (Wildman–Crippen MR) is 57.3 cm³/mol. The van der Waals surface area contributed by atoms with Gasteiger partial charge in [0.1, 0.15) is 4.90 Å². The molecule has 2 N–H and O–H groups in total. The Hall–Kier alpha value is -1.34. The van der Waals surface area contributed by atoms with E-state index >= 15 is 0 Å². The fourth-order valence-electron chi connectivity index (χ4n) is 1.50. The quantitative estimate of drug-likeness (QED) is 0.733. The molecule has 0 spiro atoms. The molecule has 1 aromatic rings. The minimum absolute atomic E-state index is 0.145. The summed E-state index contributed by atoms with van der Waals surface area (Å²) >= 11 is 0. The van der Waals surface area contributed by atoms with Crippen molar-refractivity contribution in [2.75, 3.05) is 12.9 Å². The topological polar surface area (TPSA) is 96.6 Å². The van der Waals surface area contributed by atoms with Gasteiger partial charge in [-0.2, -0.15) is 0 Å². The van der Waals surface area contributed by atoms with Crippen LogP contribution in [-0.2, 0) is 16.4 Å². The fourth-order valence-corrected chi connectivity index (χ4v) is 2.57. The summed E-state index contributed by atoms with van der Waals surface area (Å²) in [6.07, 6.45) is 0.928. The van der Waals surface area contributed by atoms with Gasteiger partial charge in [0.2, 0.25) is 0 Å². The molecule has 0 amide bonds. The zero-order chi connectivity index (χ0) is 12.5. The van der Waals surface area contributed by atoms with Crippen LogP contribution in [0, 0.1) is 6.92 Å². The van der Waals surface area contributed by atoms with Gasteiger partial charge < -0.3 is 10.2 Å². The molecule has 0 aliphatic carbocycles. The van der Waals surface area contributed by atoms with Crippen LogP contribution in [-0.4, -0.2) is 36.1 Å². The molecule has 0 radical (unpaired) electrons. The summed E-state index contributed by atoms with van der Waals surface area (Å²) in [4.78, 5) is 11.4. The van der Waals surface area contributed by atoms with E-state index < -0.39 is 15.4 Å². The first-order chi connectivity index (χ1) is 7.29. The third-order valence-corrected chi connectivity index (χ3v) is 3.35. The zero-order valence-corrected chi connectivity index (χ0v) is 9.78. The summed E-state index contributed by atoms with van der Waals surface area (Å²) < 4.78 is 23.6. The Balaban J connectivity index is 3.66. The van der Waals surface area contributed by atoms with Crippen LogP contribution in [0.25, 0.3) is 0 Å². The number of aromatic nitrogens is 1. The van der Waals surface area contributed by atoms with E-state index in [0.29, 0.717) is 0 Å². The summed E-state index contributed by atoms with van der Waals surface area (Å²) in [5.74, 6) is -0.357. The number of nitrogens with zero attached hydrogens (tertiary/aromatic N) is 1. The van der Waals surface area contributed by atoms with Gasteiger partial charge in [0.05, 0.1) is 13.2 Å². The predicted octanol–water partition coefficient (Wildman–Crippen LogP) is -0.742. The lowest BCUT2D eigenvalue weighted by Gasteiger charge is -2.10. The lowest BCUT2D eigenvalue weighted by molar-refractivity contribution is 0.263. The molecule has 0 aromatic carbocycles. The van der Waals surface area contributed by atoms with Crippen molar-refractivity contribution in [3.63, 3.8) is 0 Å². The third-order valence-electron chi connectivity index (χ3n) is 2.11. The zero-order valence-electron chi connectivity index (χ0n) is 8.97. The van der Waals surface area contributed by atoms with Crippen LogP contribution in [0.1, 0.15) is 5.56 Å². The molecule has 0 unspecified atom stereocenters. The van der Waals surface area contributed by atoms with E-state index in [-0.39, 0.29) is 29.5 Å². The number of aliphatic hydroxyl groups is 1. The molecule has 1 aromatic heterocycles. The Labute approximate surface area is 92.7 Å². The lowest BCUT2D eigenvalue weighted by atomic mass is 10.3. The van der Waals surface area contributed by atoms with Gasteiger partial charge in [0.25, 0.3) is 5.56 Å². The minimum atomic E-state index is -3.65. The van der Waals surface area contributed by atoms with Gasteiger partial charge in [-0.05, 0) is 12.5 Å². The SMILES string of the molecule is Cc1cc(O)n(CCO)c(=O)c1S(C)(=O)=O. The molecule has 0 saturated carbocycles. The van der Waals surface area contributed by atoms with E-state index in [1.54, 1.807) is 0 Å². The first-order valence-electron chi connectivity index (χ1n) is 4.53. The normalized spacial score (nSPS) is 11.7. The number of aromatic hydroxyl groups is 1. The highest BCUT2D eigenvalue weighted by molar-refractivity contribution is 7.90. The molecule has 6 nitrogen and oxygen atoms in total. The first kappa shape index (κ1) is 12.7. The van der Waals surface area contributed by atoms with E-state index in [1.807, 2.05) is 0 Å². The number of aryl methyl sites for hydroxylation is 1. The second-order valence-corrected chi connectivity index (χ2v) is 5.42. The van der Waals surface area contributed by atoms with Crippen LogP contribution in [0.4, 0.5) is 0 Å². The summed E-state index contributed by atoms with van der Waals surface area (Å²) in [5, 5.41) is 18.2. The van der Waals surface area contributed by atoms with Crippen molar-refractivity contribution >= 4 is 9.84 Å². The maximum atomic E-state index is 11.8. The van der Waals surface area contributed by atoms with Crippen LogP contribution in [0.3, 0.4) is 0 Å². The highest BCUT2D eigenvalue weighted by Crippen LogP contribution is 2.15. The van der Waals surface area contributed by atoms with E-state index in [9.17, 15) is 18.3 Å². The monoisotopic (exact) mass is 247 g/mol. The molecule has 0 fully saturated rings.